The number of rotatable bonds is 10. The van der Waals surface area contributed by atoms with Crippen LogP contribution in [0.4, 0.5) is 0 Å². The van der Waals surface area contributed by atoms with E-state index in [2.05, 4.69) is 0 Å². The van der Waals surface area contributed by atoms with Gasteiger partial charge in [0.1, 0.15) is 12.6 Å². The zero-order chi connectivity index (χ0) is 23.9. The van der Waals surface area contributed by atoms with E-state index >= 15 is 0 Å². The molecule has 0 aliphatic carbocycles. The molecule has 0 unspecified atom stereocenters. The van der Waals surface area contributed by atoms with Gasteiger partial charge in [0.2, 0.25) is 11.5 Å². The van der Waals surface area contributed by atoms with Gasteiger partial charge in [0.15, 0.2) is 11.5 Å². The van der Waals surface area contributed by atoms with Crippen molar-refractivity contribution in [3.63, 3.8) is 0 Å². The molecule has 0 saturated carbocycles. The van der Waals surface area contributed by atoms with Gasteiger partial charge in [0.25, 0.3) is 5.91 Å². The fourth-order valence-electron chi connectivity index (χ4n) is 3.44. The number of ketones is 1. The van der Waals surface area contributed by atoms with Gasteiger partial charge in [-0.1, -0.05) is 26.8 Å². The summed E-state index contributed by atoms with van der Waals surface area (Å²) in [4.78, 5) is 39.1. The molecule has 1 saturated heterocycles. The highest BCUT2D eigenvalue weighted by atomic mass is 16.5. The third-order valence-electron chi connectivity index (χ3n) is 5.80. The number of amides is 1. The molecule has 1 amide bonds. The molecule has 1 aliphatic heterocycles. The fraction of sp³-hybridized carbons (Fsp3) is 0.542. The second-order valence-corrected chi connectivity index (χ2v) is 8.21. The molecule has 2 rings (SSSR count). The second kappa shape index (κ2) is 11.0. The molecule has 1 heterocycles. The van der Waals surface area contributed by atoms with Crippen molar-refractivity contribution in [3.05, 3.63) is 23.8 Å². The van der Waals surface area contributed by atoms with E-state index in [9.17, 15) is 14.4 Å². The molecule has 8 heteroatoms. The van der Waals surface area contributed by atoms with Gasteiger partial charge in [-0.05, 0) is 43.0 Å². The molecule has 0 N–H and O–H groups in total. The van der Waals surface area contributed by atoms with Crippen molar-refractivity contribution in [3.8, 4) is 17.2 Å². The minimum absolute atomic E-state index is 0.0302. The molecular weight excluding hydrogens is 414 g/mol. The third kappa shape index (κ3) is 5.60. The van der Waals surface area contributed by atoms with E-state index in [4.69, 9.17) is 18.9 Å². The summed E-state index contributed by atoms with van der Waals surface area (Å²) < 4.78 is 21.3. The Bertz CT molecular complexity index is 850. The Morgan fingerprint density at radius 2 is 1.72 bits per heavy atom. The first-order chi connectivity index (χ1) is 15.2. The van der Waals surface area contributed by atoms with Crippen molar-refractivity contribution >= 4 is 23.7 Å². The third-order valence-corrected chi connectivity index (χ3v) is 5.80. The summed E-state index contributed by atoms with van der Waals surface area (Å²) in [7, 11) is 4.60. The number of Topliss-reactive ketones (excluding diaryl/α,β-unsaturated/α-hetero) is 1. The Morgan fingerprint density at radius 1 is 1.09 bits per heavy atom. The number of carbonyl (C=O) groups is 3. The van der Waals surface area contributed by atoms with Crippen LogP contribution in [-0.2, 0) is 19.1 Å². The van der Waals surface area contributed by atoms with E-state index in [1.54, 1.807) is 38.1 Å². The Balaban J connectivity index is 2.01. The molecule has 1 aromatic rings. The number of ether oxygens (including phenoxy) is 4. The van der Waals surface area contributed by atoms with E-state index in [-0.39, 0.29) is 6.61 Å². The summed E-state index contributed by atoms with van der Waals surface area (Å²) in [6, 6.07) is 2.82. The van der Waals surface area contributed by atoms with Crippen LogP contribution in [0.1, 0.15) is 45.6 Å². The quantitative estimate of drug-likeness (QED) is 0.402. The summed E-state index contributed by atoms with van der Waals surface area (Å²) in [6.07, 6.45) is 5.15. The molecule has 1 aliphatic rings. The summed E-state index contributed by atoms with van der Waals surface area (Å²) >= 11 is 0. The fourth-order valence-corrected chi connectivity index (χ4v) is 3.44. The average molecular weight is 448 g/mol. The van der Waals surface area contributed by atoms with Gasteiger partial charge in [-0.25, -0.2) is 4.79 Å². The van der Waals surface area contributed by atoms with Crippen LogP contribution in [0, 0.1) is 5.41 Å². The maximum atomic E-state index is 12.7. The van der Waals surface area contributed by atoms with Gasteiger partial charge >= 0.3 is 5.97 Å². The lowest BCUT2D eigenvalue weighted by molar-refractivity contribution is -0.156. The maximum absolute atomic E-state index is 12.7. The van der Waals surface area contributed by atoms with E-state index in [0.29, 0.717) is 43.1 Å². The van der Waals surface area contributed by atoms with Crippen molar-refractivity contribution in [2.45, 2.75) is 46.1 Å². The number of benzene rings is 1. The van der Waals surface area contributed by atoms with Crippen molar-refractivity contribution in [2.24, 2.45) is 5.41 Å². The van der Waals surface area contributed by atoms with Crippen molar-refractivity contribution in [1.82, 2.24) is 4.90 Å². The molecule has 1 aromatic carbocycles. The van der Waals surface area contributed by atoms with Crippen molar-refractivity contribution in [2.75, 3.05) is 34.5 Å². The average Bonchev–Trinajstić information content (AvgIpc) is 3.29. The predicted molar refractivity (Wildman–Crippen MR) is 120 cm³/mol. The van der Waals surface area contributed by atoms with Crippen LogP contribution in [0.3, 0.4) is 0 Å². The van der Waals surface area contributed by atoms with Crippen molar-refractivity contribution in [1.29, 1.82) is 0 Å². The molecule has 176 valence electrons. The molecule has 8 nitrogen and oxygen atoms in total. The largest absolute Gasteiger partial charge is 0.493 e. The van der Waals surface area contributed by atoms with Gasteiger partial charge < -0.3 is 23.8 Å². The monoisotopic (exact) mass is 447 g/mol. The number of esters is 1. The smallest absolute Gasteiger partial charge is 0.329 e. The number of carbonyl (C=O) groups excluding carboxylic acids is 3. The van der Waals surface area contributed by atoms with Gasteiger partial charge in [-0.15, -0.1) is 0 Å². The SMILES string of the molecule is CCC(C)(C)C(=O)C(=O)N1CCC[C@H]1C(=O)OC/C=C/c1cc(OC)c(OC)c(OC)c1. The molecule has 0 spiro atoms. The highest BCUT2D eigenvalue weighted by Gasteiger charge is 2.41. The first-order valence-electron chi connectivity index (χ1n) is 10.7. The zero-order valence-corrected chi connectivity index (χ0v) is 19.7. The second-order valence-electron chi connectivity index (χ2n) is 8.21. The molecule has 0 radical (unpaired) electrons. The lowest BCUT2D eigenvalue weighted by Crippen LogP contribution is -2.47. The highest BCUT2D eigenvalue weighted by Crippen LogP contribution is 2.38. The maximum Gasteiger partial charge on any atom is 0.329 e. The lowest BCUT2D eigenvalue weighted by atomic mass is 9.84. The Kier molecular flexibility index (Phi) is 8.69. The molecular formula is C24H33NO7. The topological polar surface area (TPSA) is 91.4 Å². The van der Waals surface area contributed by atoms with Crippen LogP contribution >= 0.6 is 0 Å². The van der Waals surface area contributed by atoms with Crippen LogP contribution in [0.2, 0.25) is 0 Å². The number of hydrogen-bond donors (Lipinski definition) is 0. The lowest BCUT2D eigenvalue weighted by Gasteiger charge is -2.27. The summed E-state index contributed by atoms with van der Waals surface area (Å²) in [6.45, 7) is 5.75. The van der Waals surface area contributed by atoms with Crippen molar-refractivity contribution < 1.29 is 33.3 Å². The molecule has 0 bridgehead atoms. The Labute approximate surface area is 189 Å². The van der Waals surface area contributed by atoms with E-state index in [1.807, 2.05) is 6.92 Å². The van der Waals surface area contributed by atoms with Gasteiger partial charge in [-0.2, -0.15) is 0 Å². The zero-order valence-electron chi connectivity index (χ0n) is 19.7. The van der Waals surface area contributed by atoms with Crippen LogP contribution in [0.25, 0.3) is 6.08 Å². The summed E-state index contributed by atoms with van der Waals surface area (Å²) in [5.41, 5.74) is 0.0257. The molecule has 1 fully saturated rings. The standard InChI is InChI=1S/C24H33NO7/c1-7-24(2,3)21(26)22(27)25-12-8-11-17(25)23(28)32-13-9-10-16-14-18(29-4)20(31-6)19(15-16)30-5/h9-10,14-15,17H,7-8,11-13H2,1-6H3/b10-9+/t17-/m0/s1. The minimum atomic E-state index is -0.753. The van der Waals surface area contributed by atoms with Crippen LogP contribution < -0.4 is 14.2 Å². The summed E-state index contributed by atoms with van der Waals surface area (Å²) in [5, 5.41) is 0. The highest BCUT2D eigenvalue weighted by molar-refractivity contribution is 6.38. The van der Waals surface area contributed by atoms with E-state index in [0.717, 1.165) is 5.56 Å². The predicted octanol–water partition coefficient (Wildman–Crippen LogP) is 3.27. The van der Waals surface area contributed by atoms with Crippen LogP contribution in [-0.4, -0.2) is 63.1 Å². The van der Waals surface area contributed by atoms with Gasteiger partial charge in [0.05, 0.1) is 21.3 Å². The first-order valence-corrected chi connectivity index (χ1v) is 10.7. The number of methoxy groups -OCH3 is 3. The van der Waals surface area contributed by atoms with E-state index in [1.165, 1.54) is 26.2 Å². The minimum Gasteiger partial charge on any atom is -0.493 e. The molecule has 0 aromatic heterocycles. The van der Waals surface area contributed by atoms with Crippen LogP contribution in [0.5, 0.6) is 17.2 Å². The summed E-state index contributed by atoms with van der Waals surface area (Å²) in [5.74, 6) is -0.0596. The number of likely N-dealkylation sites (tertiary alicyclic amines) is 1. The van der Waals surface area contributed by atoms with Gasteiger partial charge in [-0.3, -0.25) is 9.59 Å². The Morgan fingerprint density at radius 3 is 2.25 bits per heavy atom. The van der Waals surface area contributed by atoms with E-state index < -0.39 is 29.1 Å². The first kappa shape index (κ1) is 25.2. The molecule has 1 atom stereocenters. The van der Waals surface area contributed by atoms with Gasteiger partial charge in [0, 0.05) is 12.0 Å². The number of hydrogen-bond acceptors (Lipinski definition) is 7. The number of nitrogens with zero attached hydrogens (tertiary/aromatic N) is 1. The Hall–Kier alpha value is -3.03. The normalized spacial score (nSPS) is 16.2. The molecule has 32 heavy (non-hydrogen) atoms. The van der Waals surface area contributed by atoms with Crippen LogP contribution in [0.15, 0.2) is 18.2 Å².